The Kier molecular flexibility index (Phi) is 2.85. The van der Waals surface area contributed by atoms with Gasteiger partial charge in [-0.2, -0.15) is 0 Å². The van der Waals surface area contributed by atoms with Gasteiger partial charge < -0.3 is 21.7 Å². The zero-order valence-corrected chi connectivity index (χ0v) is 8.40. The minimum absolute atomic E-state index is 0.205. The molecule has 0 aliphatic heterocycles. The van der Waals surface area contributed by atoms with E-state index in [-0.39, 0.29) is 17.9 Å². The van der Waals surface area contributed by atoms with Crippen LogP contribution in [0.4, 0.5) is 0 Å². The average Bonchev–Trinajstić information content (AvgIpc) is 2.10. The minimum atomic E-state index is -1.16. The van der Waals surface area contributed by atoms with Crippen LogP contribution < -0.4 is 11.5 Å². The first-order valence-electron chi connectivity index (χ1n) is 4.42. The molecular weight excluding hydrogens is 196 g/mol. The highest BCUT2D eigenvalue weighted by Crippen LogP contribution is 2.26. The van der Waals surface area contributed by atoms with Crippen LogP contribution in [0.1, 0.15) is 12.5 Å². The van der Waals surface area contributed by atoms with Gasteiger partial charge >= 0.3 is 0 Å². The summed E-state index contributed by atoms with van der Waals surface area (Å²) < 4.78 is 0. The average molecular weight is 210 g/mol. The predicted molar refractivity (Wildman–Crippen MR) is 55.3 cm³/mol. The van der Waals surface area contributed by atoms with Crippen LogP contribution in [0.5, 0.6) is 11.5 Å². The molecule has 0 aliphatic carbocycles. The smallest absolute Gasteiger partial charge is 0.237 e. The topological polar surface area (TPSA) is 110 Å². The molecule has 0 aromatic heterocycles. The summed E-state index contributed by atoms with van der Waals surface area (Å²) in [6.07, 6.45) is 0.205. The zero-order chi connectivity index (χ0) is 11.6. The van der Waals surface area contributed by atoms with Crippen LogP contribution in [0.3, 0.4) is 0 Å². The van der Waals surface area contributed by atoms with Gasteiger partial charge in [-0.1, -0.05) is 6.07 Å². The summed E-state index contributed by atoms with van der Waals surface area (Å²) in [7, 11) is 0. The number of phenolic OH excluding ortho intramolecular Hbond substituents is 2. The Morgan fingerprint density at radius 1 is 1.40 bits per heavy atom. The van der Waals surface area contributed by atoms with Crippen molar-refractivity contribution in [1.82, 2.24) is 0 Å². The number of rotatable bonds is 3. The monoisotopic (exact) mass is 210 g/mol. The number of hydrogen-bond acceptors (Lipinski definition) is 4. The molecule has 0 aliphatic rings. The molecule has 0 saturated heterocycles. The van der Waals surface area contributed by atoms with E-state index in [1.54, 1.807) is 6.07 Å². The lowest BCUT2D eigenvalue weighted by Crippen LogP contribution is -2.51. The molecule has 1 aromatic carbocycles. The van der Waals surface area contributed by atoms with E-state index in [4.69, 9.17) is 16.6 Å². The second-order valence-corrected chi connectivity index (χ2v) is 3.78. The van der Waals surface area contributed by atoms with E-state index in [1.807, 2.05) is 0 Å². The minimum Gasteiger partial charge on any atom is -0.504 e. The van der Waals surface area contributed by atoms with Crippen LogP contribution in [0.2, 0.25) is 0 Å². The molecule has 0 fully saturated rings. The lowest BCUT2D eigenvalue weighted by Gasteiger charge is -2.20. The van der Waals surface area contributed by atoms with Crippen LogP contribution >= 0.6 is 0 Å². The van der Waals surface area contributed by atoms with Gasteiger partial charge in [0.1, 0.15) is 0 Å². The third kappa shape index (κ3) is 2.60. The Morgan fingerprint density at radius 3 is 2.47 bits per heavy atom. The summed E-state index contributed by atoms with van der Waals surface area (Å²) in [6.45, 7) is 1.51. The third-order valence-corrected chi connectivity index (χ3v) is 2.17. The van der Waals surface area contributed by atoms with E-state index < -0.39 is 11.4 Å². The van der Waals surface area contributed by atoms with E-state index in [0.717, 1.165) is 0 Å². The van der Waals surface area contributed by atoms with Crippen molar-refractivity contribution in [2.24, 2.45) is 11.5 Å². The second kappa shape index (κ2) is 3.78. The number of phenols is 2. The van der Waals surface area contributed by atoms with Crippen LogP contribution in [-0.2, 0) is 11.2 Å². The van der Waals surface area contributed by atoms with Crippen LogP contribution in [0.15, 0.2) is 18.2 Å². The van der Waals surface area contributed by atoms with Crippen molar-refractivity contribution in [3.63, 3.8) is 0 Å². The molecule has 0 spiro atoms. The van der Waals surface area contributed by atoms with Gasteiger partial charge in [-0.05, 0) is 31.0 Å². The number of nitrogens with two attached hydrogens (primary N) is 2. The highest BCUT2D eigenvalue weighted by Gasteiger charge is 2.26. The maximum atomic E-state index is 11.0. The Morgan fingerprint density at radius 2 is 2.00 bits per heavy atom. The van der Waals surface area contributed by atoms with Crippen molar-refractivity contribution in [3.8, 4) is 11.5 Å². The highest BCUT2D eigenvalue weighted by molar-refractivity contribution is 5.84. The molecular formula is C10H14N2O3. The lowest BCUT2D eigenvalue weighted by atomic mass is 9.93. The van der Waals surface area contributed by atoms with Gasteiger partial charge in [-0.15, -0.1) is 0 Å². The number of benzene rings is 1. The highest BCUT2D eigenvalue weighted by atomic mass is 16.3. The molecule has 1 unspecified atom stereocenters. The van der Waals surface area contributed by atoms with Crippen LogP contribution in [0.25, 0.3) is 0 Å². The van der Waals surface area contributed by atoms with E-state index in [1.165, 1.54) is 19.1 Å². The number of hydrogen-bond donors (Lipinski definition) is 4. The first-order valence-corrected chi connectivity index (χ1v) is 4.42. The Balaban J connectivity index is 2.91. The van der Waals surface area contributed by atoms with E-state index in [2.05, 4.69) is 0 Å². The fourth-order valence-corrected chi connectivity index (χ4v) is 1.19. The van der Waals surface area contributed by atoms with Crippen molar-refractivity contribution >= 4 is 5.91 Å². The van der Waals surface area contributed by atoms with Crippen molar-refractivity contribution in [3.05, 3.63) is 23.8 Å². The third-order valence-electron chi connectivity index (χ3n) is 2.17. The quantitative estimate of drug-likeness (QED) is 0.520. The number of carbonyl (C=O) groups excluding carboxylic acids is 1. The first kappa shape index (κ1) is 11.3. The molecule has 1 atom stereocenters. The Hall–Kier alpha value is -1.75. The number of carbonyl (C=O) groups is 1. The summed E-state index contributed by atoms with van der Waals surface area (Å²) in [4.78, 5) is 11.0. The van der Waals surface area contributed by atoms with Crippen molar-refractivity contribution < 1.29 is 15.0 Å². The molecule has 6 N–H and O–H groups in total. The molecule has 82 valence electrons. The van der Waals surface area contributed by atoms with Crippen LogP contribution in [-0.4, -0.2) is 21.7 Å². The van der Waals surface area contributed by atoms with Gasteiger partial charge in [0.25, 0.3) is 0 Å². The Labute approximate surface area is 87.3 Å². The fraction of sp³-hybridized carbons (Fsp3) is 0.300. The zero-order valence-electron chi connectivity index (χ0n) is 8.40. The molecule has 5 nitrogen and oxygen atoms in total. The number of primary amides is 1. The molecule has 1 amide bonds. The molecule has 0 radical (unpaired) electrons. The SMILES string of the molecule is CC(N)(Cc1ccc(O)c(O)c1)C(N)=O. The second-order valence-electron chi connectivity index (χ2n) is 3.78. The molecule has 0 saturated carbocycles. The number of aromatic hydroxyl groups is 2. The molecule has 0 heterocycles. The van der Waals surface area contributed by atoms with Gasteiger partial charge in [0.15, 0.2) is 11.5 Å². The summed E-state index contributed by atoms with van der Waals surface area (Å²) in [6, 6.07) is 4.26. The lowest BCUT2D eigenvalue weighted by molar-refractivity contribution is -0.122. The van der Waals surface area contributed by atoms with Gasteiger partial charge in [0.05, 0.1) is 5.54 Å². The van der Waals surface area contributed by atoms with Gasteiger partial charge in [-0.25, -0.2) is 0 Å². The Bertz CT molecular complexity index is 388. The van der Waals surface area contributed by atoms with Crippen molar-refractivity contribution in [2.45, 2.75) is 18.9 Å². The van der Waals surface area contributed by atoms with E-state index in [0.29, 0.717) is 5.56 Å². The maximum absolute atomic E-state index is 11.0. The molecule has 15 heavy (non-hydrogen) atoms. The van der Waals surface area contributed by atoms with Gasteiger partial charge in [0.2, 0.25) is 5.91 Å². The molecule has 1 aromatic rings. The number of amides is 1. The van der Waals surface area contributed by atoms with Crippen molar-refractivity contribution in [1.29, 1.82) is 0 Å². The summed E-state index contributed by atoms with van der Waals surface area (Å²) >= 11 is 0. The summed E-state index contributed by atoms with van der Waals surface area (Å²) in [5, 5.41) is 18.3. The van der Waals surface area contributed by atoms with E-state index >= 15 is 0 Å². The summed E-state index contributed by atoms with van der Waals surface area (Å²) in [5.74, 6) is -1.07. The molecule has 5 heteroatoms. The van der Waals surface area contributed by atoms with Gasteiger partial charge in [-0.3, -0.25) is 4.79 Å². The predicted octanol–water partition coefficient (Wildman–Crippen LogP) is -0.157. The van der Waals surface area contributed by atoms with E-state index in [9.17, 15) is 9.90 Å². The normalized spacial score (nSPS) is 14.5. The summed E-state index contributed by atoms with van der Waals surface area (Å²) in [5.41, 5.74) is 10.2. The fourth-order valence-electron chi connectivity index (χ4n) is 1.19. The van der Waals surface area contributed by atoms with Crippen LogP contribution in [0, 0.1) is 0 Å². The largest absolute Gasteiger partial charge is 0.504 e. The molecule has 1 rings (SSSR count). The molecule has 0 bridgehead atoms. The maximum Gasteiger partial charge on any atom is 0.237 e. The standard InChI is InChI=1S/C10H14N2O3/c1-10(12,9(11)15)5-6-2-3-7(13)8(14)4-6/h2-4,13-14H,5,12H2,1H3,(H2,11,15). The van der Waals surface area contributed by atoms with Crippen molar-refractivity contribution in [2.75, 3.05) is 0 Å². The van der Waals surface area contributed by atoms with Gasteiger partial charge in [0, 0.05) is 0 Å². The first-order chi connectivity index (χ1) is 6.83.